The van der Waals surface area contributed by atoms with Gasteiger partial charge in [0.25, 0.3) is 5.56 Å². The molecule has 3 aromatic heterocycles. The van der Waals surface area contributed by atoms with Crippen molar-refractivity contribution >= 4 is 16.6 Å². The van der Waals surface area contributed by atoms with Crippen molar-refractivity contribution in [2.45, 2.75) is 32.7 Å². The predicted octanol–water partition coefficient (Wildman–Crippen LogP) is 2.04. The van der Waals surface area contributed by atoms with Crippen molar-refractivity contribution in [1.29, 1.82) is 0 Å². The molecule has 4 heterocycles. The summed E-state index contributed by atoms with van der Waals surface area (Å²) in [5.74, 6) is 0.599. The summed E-state index contributed by atoms with van der Waals surface area (Å²) in [5, 5.41) is 8.53. The Hall–Kier alpha value is -3.13. The van der Waals surface area contributed by atoms with Gasteiger partial charge in [-0.05, 0) is 51.9 Å². The monoisotopic (exact) mass is 375 g/mol. The van der Waals surface area contributed by atoms with E-state index in [1.54, 1.807) is 15.4 Å². The summed E-state index contributed by atoms with van der Waals surface area (Å²) in [4.78, 5) is 26.6. The van der Waals surface area contributed by atoms with Crippen LogP contribution in [0.1, 0.15) is 30.3 Å². The van der Waals surface area contributed by atoms with E-state index in [-0.39, 0.29) is 11.6 Å². The molecule has 5 rings (SSSR count). The van der Waals surface area contributed by atoms with Crippen molar-refractivity contribution < 1.29 is 0 Å². The Morgan fingerprint density at radius 3 is 2.79 bits per heavy atom. The van der Waals surface area contributed by atoms with Gasteiger partial charge in [0.15, 0.2) is 11.5 Å². The van der Waals surface area contributed by atoms with E-state index in [0.717, 1.165) is 48.5 Å². The lowest BCUT2D eigenvalue weighted by atomic mass is 10.1. The SMILES string of the molecule is Cc1cn2nc(-c3ccc4c(=O)n(C5CCNCC5)cnc4c3)nc2c(C)n1. The van der Waals surface area contributed by atoms with Gasteiger partial charge in [0, 0.05) is 11.6 Å². The molecule has 1 aliphatic rings. The summed E-state index contributed by atoms with van der Waals surface area (Å²) in [6.07, 6.45) is 5.43. The number of hydrogen-bond acceptors (Lipinski definition) is 6. The minimum absolute atomic E-state index is 0.0158. The molecule has 0 amide bonds. The Morgan fingerprint density at radius 2 is 1.96 bits per heavy atom. The van der Waals surface area contributed by atoms with E-state index in [2.05, 4.69) is 25.4 Å². The second-order valence-corrected chi connectivity index (χ2v) is 7.34. The van der Waals surface area contributed by atoms with Crippen LogP contribution in [-0.4, -0.2) is 42.2 Å². The van der Waals surface area contributed by atoms with Gasteiger partial charge < -0.3 is 5.32 Å². The van der Waals surface area contributed by atoms with Gasteiger partial charge in [-0.1, -0.05) is 6.07 Å². The first kappa shape index (κ1) is 17.0. The van der Waals surface area contributed by atoms with Gasteiger partial charge in [0.2, 0.25) is 0 Å². The van der Waals surface area contributed by atoms with Crippen LogP contribution in [0.3, 0.4) is 0 Å². The maximum absolute atomic E-state index is 13.0. The topological polar surface area (TPSA) is 90.0 Å². The predicted molar refractivity (Wildman–Crippen MR) is 106 cm³/mol. The molecule has 4 aromatic rings. The number of nitrogens with one attached hydrogen (secondary N) is 1. The van der Waals surface area contributed by atoms with Gasteiger partial charge in [-0.25, -0.2) is 14.5 Å². The molecule has 0 aliphatic carbocycles. The van der Waals surface area contributed by atoms with Crippen molar-refractivity contribution in [1.82, 2.24) is 34.4 Å². The molecule has 142 valence electrons. The molecule has 0 atom stereocenters. The lowest BCUT2D eigenvalue weighted by Gasteiger charge is -2.24. The van der Waals surface area contributed by atoms with Crippen LogP contribution in [0.2, 0.25) is 0 Å². The molecule has 0 radical (unpaired) electrons. The fourth-order valence-corrected chi connectivity index (χ4v) is 3.92. The summed E-state index contributed by atoms with van der Waals surface area (Å²) in [5.41, 5.74) is 3.97. The first-order valence-electron chi connectivity index (χ1n) is 9.53. The largest absolute Gasteiger partial charge is 0.317 e. The van der Waals surface area contributed by atoms with Gasteiger partial charge in [-0.15, -0.1) is 5.10 Å². The Morgan fingerprint density at radius 1 is 1.14 bits per heavy atom. The number of aromatic nitrogens is 6. The first-order chi connectivity index (χ1) is 13.6. The molecule has 1 fully saturated rings. The third-order valence-corrected chi connectivity index (χ3v) is 5.35. The highest BCUT2D eigenvalue weighted by molar-refractivity contribution is 5.82. The first-order valence-corrected chi connectivity index (χ1v) is 9.53. The van der Waals surface area contributed by atoms with Gasteiger partial charge >= 0.3 is 0 Å². The zero-order chi connectivity index (χ0) is 19.3. The summed E-state index contributed by atoms with van der Waals surface area (Å²) in [7, 11) is 0. The molecule has 0 bridgehead atoms. The van der Waals surface area contributed by atoms with E-state index in [4.69, 9.17) is 0 Å². The number of fused-ring (bicyclic) bond motifs is 2. The molecule has 0 saturated carbocycles. The Bertz CT molecular complexity index is 1250. The molecule has 1 aliphatic heterocycles. The zero-order valence-electron chi connectivity index (χ0n) is 15.9. The van der Waals surface area contributed by atoms with Crippen LogP contribution in [0, 0.1) is 13.8 Å². The number of benzene rings is 1. The average molecular weight is 375 g/mol. The lowest BCUT2D eigenvalue weighted by molar-refractivity contribution is 0.359. The van der Waals surface area contributed by atoms with Gasteiger partial charge in [-0.3, -0.25) is 14.3 Å². The number of nitrogens with zero attached hydrogens (tertiary/aromatic N) is 6. The summed E-state index contributed by atoms with van der Waals surface area (Å²) in [6.45, 7) is 5.72. The third-order valence-electron chi connectivity index (χ3n) is 5.35. The van der Waals surface area contributed by atoms with Gasteiger partial charge in [0.1, 0.15) is 0 Å². The fraction of sp³-hybridized carbons (Fsp3) is 0.350. The molecular formula is C20H21N7O. The molecule has 8 heteroatoms. The number of rotatable bonds is 2. The van der Waals surface area contributed by atoms with Crippen LogP contribution in [0.4, 0.5) is 0 Å². The average Bonchev–Trinajstić information content (AvgIpc) is 3.13. The molecule has 1 aromatic carbocycles. The van der Waals surface area contributed by atoms with Crippen LogP contribution in [0.5, 0.6) is 0 Å². The maximum Gasteiger partial charge on any atom is 0.261 e. The van der Waals surface area contributed by atoms with Gasteiger partial charge in [-0.2, -0.15) is 0 Å². The van der Waals surface area contributed by atoms with Crippen LogP contribution < -0.4 is 10.9 Å². The van der Waals surface area contributed by atoms with Crippen molar-refractivity contribution in [3.05, 3.63) is 52.5 Å². The van der Waals surface area contributed by atoms with Crippen molar-refractivity contribution in [3.63, 3.8) is 0 Å². The molecule has 28 heavy (non-hydrogen) atoms. The van der Waals surface area contributed by atoms with Gasteiger partial charge in [0.05, 0.1) is 34.8 Å². The molecular weight excluding hydrogens is 354 g/mol. The minimum atomic E-state index is 0.0158. The summed E-state index contributed by atoms with van der Waals surface area (Å²) >= 11 is 0. The summed E-state index contributed by atoms with van der Waals surface area (Å²) in [6, 6.07) is 5.82. The smallest absolute Gasteiger partial charge is 0.261 e. The number of aryl methyl sites for hydroxylation is 2. The fourth-order valence-electron chi connectivity index (χ4n) is 3.92. The second-order valence-electron chi connectivity index (χ2n) is 7.34. The molecule has 0 spiro atoms. The van der Waals surface area contributed by atoms with Crippen molar-refractivity contribution in [2.75, 3.05) is 13.1 Å². The Kier molecular flexibility index (Phi) is 3.94. The van der Waals surface area contributed by atoms with Crippen LogP contribution in [0.15, 0.2) is 35.5 Å². The molecule has 1 saturated heterocycles. The van der Waals surface area contributed by atoms with E-state index >= 15 is 0 Å². The number of piperidine rings is 1. The quantitative estimate of drug-likeness (QED) is 0.577. The van der Waals surface area contributed by atoms with E-state index < -0.39 is 0 Å². The van der Waals surface area contributed by atoms with E-state index in [0.29, 0.717) is 16.7 Å². The highest BCUT2D eigenvalue weighted by Crippen LogP contribution is 2.22. The number of hydrogen-bond donors (Lipinski definition) is 1. The van der Waals surface area contributed by atoms with Crippen molar-refractivity contribution in [2.24, 2.45) is 0 Å². The van der Waals surface area contributed by atoms with Crippen LogP contribution in [-0.2, 0) is 0 Å². The van der Waals surface area contributed by atoms with E-state index in [1.807, 2.05) is 38.2 Å². The highest BCUT2D eigenvalue weighted by atomic mass is 16.1. The Labute approximate surface area is 161 Å². The third kappa shape index (κ3) is 2.77. The summed E-state index contributed by atoms with van der Waals surface area (Å²) < 4.78 is 3.53. The van der Waals surface area contributed by atoms with Crippen LogP contribution >= 0.6 is 0 Å². The maximum atomic E-state index is 13.0. The molecule has 1 N–H and O–H groups in total. The highest BCUT2D eigenvalue weighted by Gasteiger charge is 2.18. The zero-order valence-corrected chi connectivity index (χ0v) is 15.9. The molecule has 8 nitrogen and oxygen atoms in total. The van der Waals surface area contributed by atoms with Crippen molar-refractivity contribution in [3.8, 4) is 11.4 Å². The van der Waals surface area contributed by atoms with E-state index in [1.165, 1.54) is 0 Å². The van der Waals surface area contributed by atoms with E-state index in [9.17, 15) is 4.79 Å². The molecule has 0 unspecified atom stereocenters. The standard InChI is InChI=1S/C20H21N7O/c1-12-10-27-19(13(2)23-12)24-18(25-27)14-3-4-16-17(9-14)22-11-26(20(16)28)15-5-7-21-8-6-15/h3-4,9-11,15,21H,5-8H2,1-2H3. The second kappa shape index (κ2) is 6.49. The minimum Gasteiger partial charge on any atom is -0.317 e. The normalized spacial score (nSPS) is 15.5. The lowest BCUT2D eigenvalue weighted by Crippen LogP contribution is -2.34. The van der Waals surface area contributed by atoms with Crippen LogP contribution in [0.25, 0.3) is 27.9 Å². The Balaban J connectivity index is 1.59.